The third-order valence-electron chi connectivity index (χ3n) is 6.17. The van der Waals surface area contributed by atoms with Crippen LogP contribution in [0.1, 0.15) is 55.9 Å². The van der Waals surface area contributed by atoms with E-state index in [0.29, 0.717) is 12.1 Å². The van der Waals surface area contributed by atoms with Gasteiger partial charge in [-0.2, -0.15) is 0 Å². The van der Waals surface area contributed by atoms with Gasteiger partial charge in [0, 0.05) is 12.6 Å². The van der Waals surface area contributed by atoms with Crippen molar-refractivity contribution in [3.63, 3.8) is 0 Å². The van der Waals surface area contributed by atoms with Crippen LogP contribution >= 0.6 is 0 Å². The zero-order valence-corrected chi connectivity index (χ0v) is 22.8. The van der Waals surface area contributed by atoms with E-state index in [-0.39, 0.29) is 25.0 Å². The Hall–Kier alpha value is -2.87. The topological polar surface area (TPSA) is 86.8 Å². The van der Waals surface area contributed by atoms with Crippen molar-refractivity contribution in [2.75, 3.05) is 17.1 Å². The molecule has 0 bridgehead atoms. The van der Waals surface area contributed by atoms with E-state index >= 15 is 0 Å². The Kier molecular flexibility index (Phi) is 9.89. The third-order valence-corrected chi connectivity index (χ3v) is 7.30. The first-order chi connectivity index (χ1) is 16.4. The molecular formula is C27H39N3O4S. The molecule has 2 aromatic carbocycles. The number of amides is 2. The summed E-state index contributed by atoms with van der Waals surface area (Å²) in [4.78, 5) is 28.4. The number of hydrogen-bond donors (Lipinski definition) is 1. The number of benzene rings is 2. The minimum Gasteiger partial charge on any atom is -0.352 e. The van der Waals surface area contributed by atoms with E-state index in [2.05, 4.69) is 5.32 Å². The fraction of sp³-hybridized carbons (Fsp3) is 0.481. The van der Waals surface area contributed by atoms with Gasteiger partial charge in [-0.3, -0.25) is 13.9 Å². The Morgan fingerprint density at radius 1 is 0.943 bits per heavy atom. The normalized spacial score (nSPS) is 13.1. The van der Waals surface area contributed by atoms with Gasteiger partial charge in [0.2, 0.25) is 21.8 Å². The number of rotatable bonds is 11. The fourth-order valence-electron chi connectivity index (χ4n) is 3.83. The summed E-state index contributed by atoms with van der Waals surface area (Å²) in [6.07, 6.45) is 2.27. The Labute approximate surface area is 210 Å². The molecule has 0 fully saturated rings. The largest absolute Gasteiger partial charge is 0.352 e. The SMILES string of the molecule is CC[C@@H](C)NC(=O)[C@H](CC)N(Cc1ccc(C)cc1)C(=O)CN(c1cc(C)ccc1C)S(C)(=O)=O. The highest BCUT2D eigenvalue weighted by atomic mass is 32.2. The summed E-state index contributed by atoms with van der Waals surface area (Å²) in [5.41, 5.74) is 4.07. The number of carbonyl (C=O) groups is 2. The summed E-state index contributed by atoms with van der Waals surface area (Å²) in [5.74, 6) is -0.664. The molecule has 0 saturated heterocycles. The first kappa shape index (κ1) is 28.4. The van der Waals surface area contributed by atoms with Gasteiger partial charge in [-0.15, -0.1) is 0 Å². The number of nitrogens with one attached hydrogen (secondary N) is 1. The Balaban J connectivity index is 2.47. The molecule has 0 aromatic heterocycles. The summed E-state index contributed by atoms with van der Waals surface area (Å²) in [7, 11) is -3.75. The molecular weight excluding hydrogens is 462 g/mol. The zero-order chi connectivity index (χ0) is 26.3. The Morgan fingerprint density at radius 2 is 1.54 bits per heavy atom. The molecule has 2 amide bonds. The van der Waals surface area contributed by atoms with Gasteiger partial charge < -0.3 is 10.2 Å². The smallest absolute Gasteiger partial charge is 0.244 e. The van der Waals surface area contributed by atoms with Crippen molar-refractivity contribution in [1.29, 1.82) is 0 Å². The van der Waals surface area contributed by atoms with Gasteiger partial charge in [-0.25, -0.2) is 8.42 Å². The maximum atomic E-state index is 13.7. The van der Waals surface area contributed by atoms with E-state index in [4.69, 9.17) is 0 Å². The van der Waals surface area contributed by atoms with Crippen LogP contribution in [0.15, 0.2) is 42.5 Å². The van der Waals surface area contributed by atoms with Crippen molar-refractivity contribution >= 4 is 27.5 Å². The van der Waals surface area contributed by atoms with Gasteiger partial charge in [0.25, 0.3) is 0 Å². The first-order valence-electron chi connectivity index (χ1n) is 12.1. The number of hydrogen-bond acceptors (Lipinski definition) is 4. The van der Waals surface area contributed by atoms with Gasteiger partial charge in [0.15, 0.2) is 0 Å². The number of aryl methyl sites for hydroxylation is 3. The zero-order valence-electron chi connectivity index (χ0n) is 22.0. The number of carbonyl (C=O) groups excluding carboxylic acids is 2. The molecule has 2 atom stereocenters. The summed E-state index contributed by atoms with van der Waals surface area (Å²) >= 11 is 0. The lowest BCUT2D eigenvalue weighted by molar-refractivity contribution is -0.140. The van der Waals surface area contributed by atoms with Crippen LogP contribution in [-0.4, -0.2) is 50.0 Å². The maximum absolute atomic E-state index is 13.7. The molecule has 2 rings (SSSR count). The Morgan fingerprint density at radius 3 is 2.09 bits per heavy atom. The van der Waals surface area contributed by atoms with Gasteiger partial charge >= 0.3 is 0 Å². The molecule has 2 aromatic rings. The van der Waals surface area contributed by atoms with E-state index in [1.807, 2.05) is 77.9 Å². The van der Waals surface area contributed by atoms with Crippen LogP contribution in [0.4, 0.5) is 5.69 Å². The molecule has 0 aliphatic rings. The highest BCUT2D eigenvalue weighted by Gasteiger charge is 2.32. The van der Waals surface area contributed by atoms with Gasteiger partial charge in [-0.05, 0) is 63.3 Å². The van der Waals surface area contributed by atoms with Gasteiger partial charge in [0.05, 0.1) is 11.9 Å². The highest BCUT2D eigenvalue weighted by Crippen LogP contribution is 2.25. The number of nitrogens with zero attached hydrogens (tertiary/aromatic N) is 2. The van der Waals surface area contributed by atoms with Crippen molar-refractivity contribution in [2.24, 2.45) is 0 Å². The average Bonchev–Trinajstić information content (AvgIpc) is 2.79. The molecule has 35 heavy (non-hydrogen) atoms. The molecule has 0 aliphatic carbocycles. The van der Waals surface area contributed by atoms with Gasteiger partial charge in [0.1, 0.15) is 12.6 Å². The first-order valence-corrected chi connectivity index (χ1v) is 13.9. The number of anilines is 1. The summed E-state index contributed by atoms with van der Waals surface area (Å²) in [6, 6.07) is 12.5. The highest BCUT2D eigenvalue weighted by molar-refractivity contribution is 7.92. The maximum Gasteiger partial charge on any atom is 0.244 e. The van der Waals surface area contributed by atoms with Crippen molar-refractivity contribution < 1.29 is 18.0 Å². The third kappa shape index (κ3) is 7.82. The summed E-state index contributed by atoms with van der Waals surface area (Å²) in [5, 5.41) is 2.98. The molecule has 0 radical (unpaired) electrons. The van der Waals surface area contributed by atoms with E-state index in [9.17, 15) is 18.0 Å². The molecule has 7 nitrogen and oxygen atoms in total. The predicted octanol–water partition coefficient (Wildman–Crippen LogP) is 4.10. The molecule has 0 spiro atoms. The van der Waals surface area contributed by atoms with E-state index < -0.39 is 22.0 Å². The monoisotopic (exact) mass is 501 g/mol. The second-order valence-corrected chi connectivity index (χ2v) is 11.2. The second kappa shape index (κ2) is 12.2. The van der Waals surface area contributed by atoms with Crippen LogP contribution in [-0.2, 0) is 26.2 Å². The van der Waals surface area contributed by atoms with E-state index in [1.54, 1.807) is 6.07 Å². The lowest BCUT2D eigenvalue weighted by Gasteiger charge is -2.33. The Bertz CT molecular complexity index is 1130. The summed E-state index contributed by atoms with van der Waals surface area (Å²) in [6.45, 7) is 11.2. The molecule has 0 heterocycles. The fourth-order valence-corrected chi connectivity index (χ4v) is 4.73. The van der Waals surface area contributed by atoms with Gasteiger partial charge in [-0.1, -0.05) is 55.8 Å². The van der Waals surface area contributed by atoms with Crippen LogP contribution in [0, 0.1) is 20.8 Å². The average molecular weight is 502 g/mol. The minimum absolute atomic E-state index is 0.0321. The molecule has 8 heteroatoms. The number of sulfonamides is 1. The quantitative estimate of drug-likeness (QED) is 0.502. The molecule has 1 N–H and O–H groups in total. The molecule has 0 unspecified atom stereocenters. The van der Waals surface area contributed by atoms with E-state index in [1.165, 1.54) is 4.90 Å². The van der Waals surface area contributed by atoms with Crippen molar-refractivity contribution in [3.8, 4) is 0 Å². The lowest BCUT2D eigenvalue weighted by atomic mass is 10.1. The lowest BCUT2D eigenvalue weighted by Crippen LogP contribution is -2.53. The van der Waals surface area contributed by atoms with Crippen molar-refractivity contribution in [1.82, 2.24) is 10.2 Å². The van der Waals surface area contributed by atoms with Crippen molar-refractivity contribution in [2.45, 2.75) is 73.0 Å². The second-order valence-electron chi connectivity index (χ2n) is 9.31. The van der Waals surface area contributed by atoms with Crippen molar-refractivity contribution in [3.05, 3.63) is 64.7 Å². The van der Waals surface area contributed by atoms with Crippen LogP contribution in [0.3, 0.4) is 0 Å². The summed E-state index contributed by atoms with van der Waals surface area (Å²) < 4.78 is 26.7. The van der Waals surface area contributed by atoms with E-state index in [0.717, 1.165) is 39.2 Å². The molecule has 0 saturated carbocycles. The molecule has 192 valence electrons. The van der Waals surface area contributed by atoms with Crippen LogP contribution in [0.25, 0.3) is 0 Å². The molecule has 0 aliphatic heterocycles. The predicted molar refractivity (Wildman–Crippen MR) is 142 cm³/mol. The van der Waals surface area contributed by atoms with Crippen LogP contribution in [0.5, 0.6) is 0 Å². The van der Waals surface area contributed by atoms with Crippen LogP contribution < -0.4 is 9.62 Å². The minimum atomic E-state index is -3.75. The standard InChI is InChI=1S/C27H39N3O4S/c1-8-22(6)28-27(32)24(9-2)29(17-23-14-11-19(3)12-15-23)26(31)18-30(35(7,33)34)25-16-20(4)10-13-21(25)5/h10-16,22,24H,8-9,17-18H2,1-7H3,(H,28,32)/t22-,24+/m1/s1. The van der Waals surface area contributed by atoms with Crippen LogP contribution in [0.2, 0.25) is 0 Å².